The Balaban J connectivity index is 1.69. The van der Waals surface area contributed by atoms with E-state index in [9.17, 15) is 10.1 Å². The van der Waals surface area contributed by atoms with Crippen molar-refractivity contribution in [2.75, 3.05) is 0 Å². The van der Waals surface area contributed by atoms with Crippen molar-refractivity contribution in [3.8, 4) is 17.6 Å². The number of rotatable bonds is 4. The summed E-state index contributed by atoms with van der Waals surface area (Å²) in [5.74, 6) is 1.47. The highest BCUT2D eigenvalue weighted by molar-refractivity contribution is 6.32. The van der Waals surface area contributed by atoms with Gasteiger partial charge in [-0.3, -0.25) is 4.79 Å². The van der Waals surface area contributed by atoms with Gasteiger partial charge in [0, 0.05) is 0 Å². The normalized spacial score (nSPS) is 11.2. The number of halogens is 1. The van der Waals surface area contributed by atoms with Crippen LogP contribution in [-0.2, 0) is 0 Å². The maximum absolute atomic E-state index is 12.3. The fourth-order valence-electron chi connectivity index (χ4n) is 2.84. The van der Waals surface area contributed by atoms with Crippen LogP contribution in [0.25, 0.3) is 22.6 Å². The van der Waals surface area contributed by atoms with Gasteiger partial charge in [-0.15, -0.1) is 0 Å². The van der Waals surface area contributed by atoms with Gasteiger partial charge in [0.15, 0.2) is 5.82 Å². The fourth-order valence-corrected chi connectivity index (χ4v) is 3.06. The molecule has 0 radical (unpaired) electrons. The Labute approximate surface area is 171 Å². The number of nitrogens with zero attached hydrogens (tertiary/aromatic N) is 2. The minimum absolute atomic E-state index is 0.192. The van der Waals surface area contributed by atoms with Crippen LogP contribution in [0, 0.1) is 11.3 Å². The number of H-pyrrole nitrogens is 1. The van der Waals surface area contributed by atoms with Crippen molar-refractivity contribution in [2.24, 2.45) is 0 Å². The zero-order valence-corrected chi connectivity index (χ0v) is 15.9. The highest BCUT2D eigenvalue weighted by Gasteiger charge is 2.10. The standard InChI is InChI=1S/C23H14ClN3O2/c24-20-13-18(29-17-6-2-1-3-7-17)11-10-15(20)12-16(14-25)22-26-21-9-5-4-8-19(21)23(28)27-22/h1-13H,(H,26,27,28). The van der Waals surface area contributed by atoms with E-state index >= 15 is 0 Å². The van der Waals surface area contributed by atoms with Gasteiger partial charge in [-0.1, -0.05) is 41.9 Å². The molecular weight excluding hydrogens is 386 g/mol. The first kappa shape index (κ1) is 18.5. The number of aromatic amines is 1. The van der Waals surface area contributed by atoms with Crippen LogP contribution in [0.5, 0.6) is 11.5 Å². The summed E-state index contributed by atoms with van der Waals surface area (Å²) in [6, 6.07) is 23.6. The number of benzene rings is 3. The quantitative estimate of drug-likeness (QED) is 0.464. The van der Waals surface area contributed by atoms with Crippen LogP contribution >= 0.6 is 11.6 Å². The van der Waals surface area contributed by atoms with E-state index in [1.54, 1.807) is 48.5 Å². The molecule has 1 heterocycles. The smallest absolute Gasteiger partial charge is 0.259 e. The van der Waals surface area contributed by atoms with Crippen LogP contribution in [0.15, 0.2) is 77.6 Å². The largest absolute Gasteiger partial charge is 0.457 e. The Morgan fingerprint density at radius 3 is 2.55 bits per heavy atom. The van der Waals surface area contributed by atoms with Gasteiger partial charge < -0.3 is 9.72 Å². The third kappa shape index (κ3) is 4.03. The molecule has 0 bridgehead atoms. The first-order chi connectivity index (χ1) is 14.1. The molecule has 0 aliphatic carbocycles. The summed E-state index contributed by atoms with van der Waals surface area (Å²) in [5, 5.41) is 10.5. The lowest BCUT2D eigenvalue weighted by atomic mass is 10.1. The first-order valence-corrected chi connectivity index (χ1v) is 9.15. The molecule has 0 fully saturated rings. The molecule has 5 nitrogen and oxygen atoms in total. The van der Waals surface area contributed by atoms with Crippen molar-refractivity contribution in [1.29, 1.82) is 5.26 Å². The summed E-state index contributed by atoms with van der Waals surface area (Å²) < 4.78 is 5.76. The fraction of sp³-hybridized carbons (Fsp3) is 0. The third-order valence-corrected chi connectivity index (χ3v) is 4.57. The minimum Gasteiger partial charge on any atom is -0.457 e. The number of aromatic nitrogens is 2. The van der Waals surface area contributed by atoms with Gasteiger partial charge in [0.05, 0.1) is 21.5 Å². The van der Waals surface area contributed by atoms with E-state index in [-0.39, 0.29) is 17.0 Å². The van der Waals surface area contributed by atoms with Gasteiger partial charge in [0.1, 0.15) is 17.6 Å². The average Bonchev–Trinajstić information content (AvgIpc) is 2.74. The highest BCUT2D eigenvalue weighted by atomic mass is 35.5. The molecule has 29 heavy (non-hydrogen) atoms. The highest BCUT2D eigenvalue weighted by Crippen LogP contribution is 2.29. The predicted octanol–water partition coefficient (Wildman–Crippen LogP) is 5.43. The average molecular weight is 400 g/mol. The molecule has 0 atom stereocenters. The van der Waals surface area contributed by atoms with Crippen LogP contribution in [0.4, 0.5) is 0 Å². The maximum Gasteiger partial charge on any atom is 0.259 e. The number of nitrogens with one attached hydrogen (secondary N) is 1. The molecular formula is C23H14ClN3O2. The number of hydrogen-bond donors (Lipinski definition) is 1. The summed E-state index contributed by atoms with van der Waals surface area (Å²) in [6.07, 6.45) is 1.58. The van der Waals surface area contributed by atoms with Crippen LogP contribution in [0.1, 0.15) is 11.4 Å². The topological polar surface area (TPSA) is 78.8 Å². The number of allylic oxidation sites excluding steroid dienone is 1. The zero-order chi connectivity index (χ0) is 20.2. The van der Waals surface area contributed by atoms with Crippen molar-refractivity contribution in [3.05, 3.63) is 99.6 Å². The molecule has 140 valence electrons. The van der Waals surface area contributed by atoms with E-state index in [1.807, 2.05) is 30.3 Å². The SMILES string of the molecule is N#CC(=Cc1ccc(Oc2ccccc2)cc1Cl)c1nc2ccccc2c(=O)[nH]1. The van der Waals surface area contributed by atoms with E-state index in [2.05, 4.69) is 16.0 Å². The second kappa shape index (κ2) is 8.01. The van der Waals surface area contributed by atoms with E-state index in [0.29, 0.717) is 33.0 Å². The molecule has 4 rings (SSSR count). The Hall–Kier alpha value is -3.88. The molecule has 0 unspecified atom stereocenters. The minimum atomic E-state index is -0.301. The number of para-hydroxylation sites is 2. The second-order valence-electron chi connectivity index (χ2n) is 6.20. The Kier molecular flexibility index (Phi) is 5.10. The molecule has 1 aromatic heterocycles. The Morgan fingerprint density at radius 2 is 1.79 bits per heavy atom. The summed E-state index contributed by atoms with van der Waals surface area (Å²) >= 11 is 6.38. The van der Waals surface area contributed by atoms with E-state index in [4.69, 9.17) is 16.3 Å². The molecule has 0 aliphatic heterocycles. The molecule has 1 N–H and O–H groups in total. The molecule has 0 saturated heterocycles. The Morgan fingerprint density at radius 1 is 1.03 bits per heavy atom. The van der Waals surface area contributed by atoms with Gasteiger partial charge in [-0.25, -0.2) is 4.98 Å². The summed E-state index contributed by atoms with van der Waals surface area (Å²) in [5.41, 5.74) is 1.03. The molecule has 0 spiro atoms. The van der Waals surface area contributed by atoms with Crippen molar-refractivity contribution in [2.45, 2.75) is 0 Å². The monoisotopic (exact) mass is 399 g/mol. The van der Waals surface area contributed by atoms with E-state index in [0.717, 1.165) is 0 Å². The number of ether oxygens (including phenoxy) is 1. The van der Waals surface area contributed by atoms with E-state index < -0.39 is 0 Å². The van der Waals surface area contributed by atoms with Crippen LogP contribution in [0.3, 0.4) is 0 Å². The maximum atomic E-state index is 12.3. The predicted molar refractivity (Wildman–Crippen MR) is 114 cm³/mol. The summed E-state index contributed by atoms with van der Waals surface area (Å²) in [7, 11) is 0. The lowest BCUT2D eigenvalue weighted by molar-refractivity contribution is 0.482. The van der Waals surface area contributed by atoms with Gasteiger partial charge in [-0.05, 0) is 54.1 Å². The molecule has 6 heteroatoms. The number of hydrogen-bond acceptors (Lipinski definition) is 4. The van der Waals surface area contributed by atoms with Crippen molar-refractivity contribution >= 4 is 34.2 Å². The van der Waals surface area contributed by atoms with Crippen LogP contribution in [0.2, 0.25) is 5.02 Å². The number of nitriles is 1. The van der Waals surface area contributed by atoms with Crippen LogP contribution < -0.4 is 10.3 Å². The molecule has 0 amide bonds. The van der Waals surface area contributed by atoms with Gasteiger partial charge in [0.25, 0.3) is 5.56 Å². The zero-order valence-electron chi connectivity index (χ0n) is 15.1. The van der Waals surface area contributed by atoms with Crippen molar-refractivity contribution in [3.63, 3.8) is 0 Å². The Bertz CT molecular complexity index is 1320. The van der Waals surface area contributed by atoms with Crippen molar-refractivity contribution in [1.82, 2.24) is 9.97 Å². The number of fused-ring (bicyclic) bond motifs is 1. The van der Waals surface area contributed by atoms with E-state index in [1.165, 1.54) is 0 Å². The molecule has 3 aromatic carbocycles. The third-order valence-electron chi connectivity index (χ3n) is 4.24. The van der Waals surface area contributed by atoms with Gasteiger partial charge >= 0.3 is 0 Å². The van der Waals surface area contributed by atoms with Crippen LogP contribution in [-0.4, -0.2) is 9.97 Å². The second-order valence-corrected chi connectivity index (χ2v) is 6.61. The van der Waals surface area contributed by atoms with Gasteiger partial charge in [-0.2, -0.15) is 5.26 Å². The van der Waals surface area contributed by atoms with Gasteiger partial charge in [0.2, 0.25) is 0 Å². The lowest BCUT2D eigenvalue weighted by Gasteiger charge is -2.07. The van der Waals surface area contributed by atoms with Crippen molar-refractivity contribution < 1.29 is 4.74 Å². The summed E-state index contributed by atoms with van der Waals surface area (Å²) in [4.78, 5) is 19.3. The first-order valence-electron chi connectivity index (χ1n) is 8.78. The molecule has 0 saturated carbocycles. The molecule has 4 aromatic rings. The molecule has 0 aliphatic rings. The lowest BCUT2D eigenvalue weighted by Crippen LogP contribution is -2.11. The summed E-state index contributed by atoms with van der Waals surface area (Å²) in [6.45, 7) is 0.